The maximum absolute atomic E-state index is 11.9. The van der Waals surface area contributed by atoms with E-state index in [1.807, 2.05) is 24.3 Å². The van der Waals surface area contributed by atoms with Gasteiger partial charge in [-0.05, 0) is 12.1 Å². The number of amides is 1. The highest BCUT2D eigenvalue weighted by molar-refractivity contribution is 6.07. The van der Waals surface area contributed by atoms with Crippen LogP contribution in [0.2, 0.25) is 0 Å². The average Bonchev–Trinajstić information content (AvgIpc) is 2.83. The van der Waals surface area contributed by atoms with E-state index in [0.717, 1.165) is 10.9 Å². The molecule has 0 bridgehead atoms. The molecule has 0 aliphatic carbocycles. The first kappa shape index (κ1) is 10.4. The summed E-state index contributed by atoms with van der Waals surface area (Å²) < 4.78 is 0. The van der Waals surface area contributed by atoms with Crippen molar-refractivity contribution in [2.75, 3.05) is 5.32 Å². The highest BCUT2D eigenvalue weighted by atomic mass is 16.1. The Balaban J connectivity index is 1.91. The molecular formula is C12H9N5O. The molecule has 1 amide bonds. The van der Waals surface area contributed by atoms with Crippen LogP contribution in [-0.4, -0.2) is 26.1 Å². The number of aromatic nitrogens is 4. The summed E-state index contributed by atoms with van der Waals surface area (Å²) in [7, 11) is 0. The molecule has 0 radical (unpaired) electrons. The molecule has 0 saturated carbocycles. The minimum atomic E-state index is -0.284. The Morgan fingerprint density at radius 3 is 2.78 bits per heavy atom. The number of benzene rings is 1. The van der Waals surface area contributed by atoms with Gasteiger partial charge in [-0.1, -0.05) is 12.1 Å². The highest BCUT2D eigenvalue weighted by Crippen LogP contribution is 2.19. The molecule has 0 unspecified atom stereocenters. The number of nitrogens with one attached hydrogen (secondary N) is 2. The van der Waals surface area contributed by atoms with E-state index in [1.54, 1.807) is 0 Å². The second kappa shape index (κ2) is 4.25. The fourth-order valence-corrected chi connectivity index (χ4v) is 1.65. The summed E-state index contributed by atoms with van der Waals surface area (Å²) >= 11 is 0. The first-order valence-corrected chi connectivity index (χ1v) is 5.34. The summed E-state index contributed by atoms with van der Waals surface area (Å²) in [6, 6.07) is 7.57. The van der Waals surface area contributed by atoms with Crippen LogP contribution in [-0.2, 0) is 0 Å². The van der Waals surface area contributed by atoms with E-state index in [0.29, 0.717) is 11.4 Å². The van der Waals surface area contributed by atoms with E-state index in [9.17, 15) is 4.79 Å². The van der Waals surface area contributed by atoms with Crippen LogP contribution >= 0.6 is 0 Å². The molecule has 0 saturated heterocycles. The van der Waals surface area contributed by atoms with Gasteiger partial charge in [-0.3, -0.25) is 9.89 Å². The van der Waals surface area contributed by atoms with Crippen LogP contribution in [0, 0.1) is 0 Å². The Hall–Kier alpha value is -2.76. The number of carbonyl (C=O) groups excluding carboxylic acids is 1. The fourth-order valence-electron chi connectivity index (χ4n) is 1.65. The molecule has 0 atom stereocenters. The monoisotopic (exact) mass is 239 g/mol. The van der Waals surface area contributed by atoms with Crippen molar-refractivity contribution in [3.63, 3.8) is 0 Å². The van der Waals surface area contributed by atoms with E-state index < -0.39 is 0 Å². The normalized spacial score (nSPS) is 10.4. The van der Waals surface area contributed by atoms with Crippen LogP contribution < -0.4 is 5.32 Å². The molecule has 3 rings (SSSR count). The lowest BCUT2D eigenvalue weighted by Gasteiger charge is -2.01. The number of fused-ring (bicyclic) bond motifs is 1. The van der Waals surface area contributed by atoms with Gasteiger partial charge < -0.3 is 5.32 Å². The Bertz CT molecular complexity index is 692. The lowest BCUT2D eigenvalue weighted by molar-refractivity contribution is 0.102. The summed E-state index contributed by atoms with van der Waals surface area (Å²) in [5.41, 5.74) is 1.27. The van der Waals surface area contributed by atoms with Gasteiger partial charge in [0.1, 0.15) is 6.33 Å². The van der Waals surface area contributed by atoms with Gasteiger partial charge in [0.25, 0.3) is 5.91 Å². The molecule has 2 heterocycles. The van der Waals surface area contributed by atoms with Gasteiger partial charge in [-0.25, -0.2) is 9.97 Å². The third-order valence-electron chi connectivity index (χ3n) is 2.53. The molecule has 18 heavy (non-hydrogen) atoms. The molecule has 0 spiro atoms. The van der Waals surface area contributed by atoms with Gasteiger partial charge in [-0.15, -0.1) is 0 Å². The number of carbonyl (C=O) groups is 1. The number of para-hydroxylation sites is 1. The Morgan fingerprint density at radius 1 is 1.17 bits per heavy atom. The van der Waals surface area contributed by atoms with Gasteiger partial charge in [0.05, 0.1) is 11.1 Å². The van der Waals surface area contributed by atoms with Crippen molar-refractivity contribution in [2.45, 2.75) is 0 Å². The van der Waals surface area contributed by atoms with Crippen molar-refractivity contribution in [1.82, 2.24) is 20.2 Å². The van der Waals surface area contributed by atoms with Crippen molar-refractivity contribution in [3.05, 3.63) is 48.5 Å². The number of aromatic amines is 1. The fraction of sp³-hybridized carbons (Fsp3) is 0. The Morgan fingerprint density at radius 2 is 1.94 bits per heavy atom. The van der Waals surface area contributed by atoms with Crippen molar-refractivity contribution in [3.8, 4) is 0 Å². The number of rotatable bonds is 2. The van der Waals surface area contributed by atoms with Gasteiger partial charge in [-0.2, -0.15) is 5.10 Å². The Labute approximate surface area is 102 Å². The largest absolute Gasteiger partial charge is 0.304 e. The van der Waals surface area contributed by atoms with Crippen LogP contribution in [0.15, 0.2) is 43.0 Å². The van der Waals surface area contributed by atoms with Crippen LogP contribution in [0.3, 0.4) is 0 Å². The van der Waals surface area contributed by atoms with E-state index in [2.05, 4.69) is 25.5 Å². The summed E-state index contributed by atoms with van der Waals surface area (Å²) in [6.45, 7) is 0. The zero-order valence-corrected chi connectivity index (χ0v) is 9.29. The van der Waals surface area contributed by atoms with Crippen molar-refractivity contribution < 1.29 is 4.79 Å². The first-order valence-electron chi connectivity index (χ1n) is 5.34. The van der Waals surface area contributed by atoms with Crippen LogP contribution in [0.4, 0.5) is 5.82 Å². The Kier molecular flexibility index (Phi) is 2.45. The second-order valence-electron chi connectivity index (χ2n) is 3.70. The van der Waals surface area contributed by atoms with E-state index in [4.69, 9.17) is 0 Å². The standard InChI is InChI=1S/C12H9N5O/c18-12(8-5-13-7-14-6-8)15-11-9-3-1-2-4-10(9)16-17-11/h1-7H,(H2,15,16,17,18). The SMILES string of the molecule is O=C(Nc1n[nH]c2ccccc12)c1cncnc1. The lowest BCUT2D eigenvalue weighted by atomic mass is 10.2. The van der Waals surface area contributed by atoms with Crippen LogP contribution in [0.1, 0.15) is 10.4 Å². The molecule has 6 nitrogen and oxygen atoms in total. The predicted octanol–water partition coefficient (Wildman–Crippen LogP) is 1.61. The summed E-state index contributed by atoms with van der Waals surface area (Å²) in [6.07, 6.45) is 4.29. The van der Waals surface area contributed by atoms with Gasteiger partial charge >= 0.3 is 0 Å². The zero-order valence-electron chi connectivity index (χ0n) is 9.29. The van der Waals surface area contributed by atoms with E-state index in [1.165, 1.54) is 18.7 Å². The third-order valence-corrected chi connectivity index (χ3v) is 2.53. The highest BCUT2D eigenvalue weighted by Gasteiger charge is 2.10. The maximum Gasteiger partial charge on any atom is 0.260 e. The average molecular weight is 239 g/mol. The maximum atomic E-state index is 11.9. The van der Waals surface area contributed by atoms with Gasteiger partial charge in [0.2, 0.25) is 0 Å². The van der Waals surface area contributed by atoms with Gasteiger partial charge in [0, 0.05) is 17.8 Å². The second-order valence-corrected chi connectivity index (χ2v) is 3.70. The smallest absolute Gasteiger partial charge is 0.260 e. The predicted molar refractivity (Wildman–Crippen MR) is 66.1 cm³/mol. The molecule has 0 aliphatic rings. The molecule has 3 aromatic rings. The minimum absolute atomic E-state index is 0.284. The topological polar surface area (TPSA) is 83.6 Å². The number of hydrogen-bond donors (Lipinski definition) is 2. The van der Waals surface area contributed by atoms with Crippen molar-refractivity contribution in [2.24, 2.45) is 0 Å². The van der Waals surface area contributed by atoms with Crippen molar-refractivity contribution >= 4 is 22.6 Å². The summed E-state index contributed by atoms with van der Waals surface area (Å²) in [5, 5.41) is 10.5. The lowest BCUT2D eigenvalue weighted by Crippen LogP contribution is -2.12. The molecule has 88 valence electrons. The quantitative estimate of drug-likeness (QED) is 0.711. The van der Waals surface area contributed by atoms with Gasteiger partial charge in [0.15, 0.2) is 5.82 Å². The van der Waals surface area contributed by atoms with Crippen LogP contribution in [0.5, 0.6) is 0 Å². The summed E-state index contributed by atoms with van der Waals surface area (Å²) in [5.74, 6) is 0.215. The number of anilines is 1. The molecule has 2 N–H and O–H groups in total. The van der Waals surface area contributed by atoms with E-state index >= 15 is 0 Å². The van der Waals surface area contributed by atoms with E-state index in [-0.39, 0.29) is 5.91 Å². The number of nitrogens with zero attached hydrogens (tertiary/aromatic N) is 3. The summed E-state index contributed by atoms with van der Waals surface area (Å²) in [4.78, 5) is 19.5. The first-order chi connectivity index (χ1) is 8.84. The molecule has 6 heteroatoms. The number of hydrogen-bond acceptors (Lipinski definition) is 4. The zero-order chi connectivity index (χ0) is 12.4. The molecule has 0 fully saturated rings. The number of H-pyrrole nitrogens is 1. The molecule has 0 aliphatic heterocycles. The molecule has 1 aromatic carbocycles. The molecule has 2 aromatic heterocycles. The van der Waals surface area contributed by atoms with Crippen LogP contribution in [0.25, 0.3) is 10.9 Å². The van der Waals surface area contributed by atoms with Crippen molar-refractivity contribution in [1.29, 1.82) is 0 Å². The minimum Gasteiger partial charge on any atom is -0.304 e. The molecular weight excluding hydrogens is 230 g/mol. The third kappa shape index (κ3) is 1.80.